The first kappa shape index (κ1) is 16.5. The molecule has 1 unspecified atom stereocenters. The van der Waals surface area contributed by atoms with Crippen LogP contribution >= 0.6 is 0 Å². The minimum absolute atomic E-state index is 0.246. The van der Waals surface area contributed by atoms with Gasteiger partial charge in [-0.1, -0.05) is 39.0 Å². The SMILES string of the molecule is CCCCCCCCC(=O)N1CCCC1CCCO. The van der Waals surface area contributed by atoms with Crippen LogP contribution in [0.3, 0.4) is 0 Å². The van der Waals surface area contributed by atoms with Gasteiger partial charge in [0.05, 0.1) is 0 Å². The molecule has 112 valence electrons. The van der Waals surface area contributed by atoms with Crippen LogP contribution in [0.4, 0.5) is 0 Å². The van der Waals surface area contributed by atoms with Crippen molar-refractivity contribution in [1.29, 1.82) is 0 Å². The van der Waals surface area contributed by atoms with E-state index >= 15 is 0 Å². The van der Waals surface area contributed by atoms with Crippen molar-refractivity contribution in [3.63, 3.8) is 0 Å². The van der Waals surface area contributed by atoms with Crippen LogP contribution in [0.1, 0.15) is 77.6 Å². The summed E-state index contributed by atoms with van der Waals surface area (Å²) in [5.74, 6) is 0.343. The van der Waals surface area contributed by atoms with Gasteiger partial charge in [0, 0.05) is 25.6 Å². The first-order chi connectivity index (χ1) is 9.29. The fraction of sp³-hybridized carbons (Fsp3) is 0.938. The highest BCUT2D eigenvalue weighted by Crippen LogP contribution is 2.22. The molecule has 0 radical (unpaired) electrons. The van der Waals surface area contributed by atoms with Gasteiger partial charge in [-0.2, -0.15) is 0 Å². The summed E-state index contributed by atoms with van der Waals surface area (Å²) < 4.78 is 0. The topological polar surface area (TPSA) is 40.5 Å². The van der Waals surface area contributed by atoms with Crippen LogP contribution in [0.15, 0.2) is 0 Å². The fourth-order valence-electron chi connectivity index (χ4n) is 2.99. The highest BCUT2D eigenvalue weighted by atomic mass is 16.3. The zero-order valence-electron chi connectivity index (χ0n) is 12.6. The summed E-state index contributed by atoms with van der Waals surface area (Å²) in [4.78, 5) is 14.2. The van der Waals surface area contributed by atoms with Crippen LogP contribution in [-0.4, -0.2) is 35.1 Å². The molecule has 1 saturated heterocycles. The Morgan fingerprint density at radius 1 is 1.16 bits per heavy atom. The molecular weight excluding hydrogens is 238 g/mol. The van der Waals surface area contributed by atoms with E-state index in [2.05, 4.69) is 11.8 Å². The van der Waals surface area contributed by atoms with Gasteiger partial charge in [-0.15, -0.1) is 0 Å². The Morgan fingerprint density at radius 2 is 1.89 bits per heavy atom. The molecule has 1 aliphatic rings. The molecule has 3 nitrogen and oxygen atoms in total. The number of nitrogens with zero attached hydrogens (tertiary/aromatic N) is 1. The normalized spacial score (nSPS) is 19.1. The Labute approximate surface area is 118 Å². The molecule has 0 aromatic carbocycles. The molecule has 0 aromatic heterocycles. The van der Waals surface area contributed by atoms with Gasteiger partial charge >= 0.3 is 0 Å². The van der Waals surface area contributed by atoms with Crippen molar-refractivity contribution in [2.24, 2.45) is 0 Å². The van der Waals surface area contributed by atoms with Crippen molar-refractivity contribution in [1.82, 2.24) is 4.90 Å². The van der Waals surface area contributed by atoms with Gasteiger partial charge in [0.25, 0.3) is 0 Å². The Morgan fingerprint density at radius 3 is 2.63 bits per heavy atom. The van der Waals surface area contributed by atoms with Crippen molar-refractivity contribution in [3.05, 3.63) is 0 Å². The third-order valence-corrected chi connectivity index (χ3v) is 4.14. The summed E-state index contributed by atoms with van der Waals surface area (Å²) in [6.07, 6.45) is 12.2. The number of aliphatic hydroxyl groups excluding tert-OH is 1. The number of aliphatic hydroxyl groups is 1. The van der Waals surface area contributed by atoms with E-state index in [4.69, 9.17) is 5.11 Å². The first-order valence-electron chi connectivity index (χ1n) is 8.20. The van der Waals surface area contributed by atoms with Gasteiger partial charge in [0.1, 0.15) is 0 Å². The van der Waals surface area contributed by atoms with E-state index in [9.17, 15) is 4.79 Å². The molecule has 0 aromatic rings. The second-order valence-corrected chi connectivity index (χ2v) is 5.77. The number of hydrogen-bond acceptors (Lipinski definition) is 2. The van der Waals surface area contributed by atoms with Crippen LogP contribution in [-0.2, 0) is 4.79 Å². The van der Waals surface area contributed by atoms with Crippen molar-refractivity contribution < 1.29 is 9.90 Å². The summed E-state index contributed by atoms with van der Waals surface area (Å²) >= 11 is 0. The maximum atomic E-state index is 12.2. The van der Waals surface area contributed by atoms with Gasteiger partial charge in [0.15, 0.2) is 0 Å². The van der Waals surface area contributed by atoms with Crippen molar-refractivity contribution in [2.75, 3.05) is 13.2 Å². The maximum absolute atomic E-state index is 12.2. The summed E-state index contributed by atoms with van der Waals surface area (Å²) in [6.45, 7) is 3.41. The van der Waals surface area contributed by atoms with E-state index in [1.807, 2.05) is 0 Å². The standard InChI is InChI=1S/C16H31NO2/c1-2-3-4-5-6-7-12-16(19)17-13-8-10-15(17)11-9-14-18/h15,18H,2-14H2,1H3. The van der Waals surface area contributed by atoms with E-state index in [0.29, 0.717) is 11.9 Å². The van der Waals surface area contributed by atoms with Crippen molar-refractivity contribution >= 4 is 5.91 Å². The lowest BCUT2D eigenvalue weighted by Crippen LogP contribution is -2.35. The average Bonchev–Trinajstić information content (AvgIpc) is 2.88. The fourth-order valence-corrected chi connectivity index (χ4v) is 2.99. The molecule has 1 atom stereocenters. The Kier molecular flexibility index (Phi) is 8.89. The quantitative estimate of drug-likeness (QED) is 0.617. The lowest BCUT2D eigenvalue weighted by molar-refractivity contribution is -0.132. The zero-order chi connectivity index (χ0) is 13.9. The molecule has 0 aliphatic carbocycles. The van der Waals surface area contributed by atoms with E-state index in [-0.39, 0.29) is 6.61 Å². The van der Waals surface area contributed by atoms with Crippen LogP contribution in [0, 0.1) is 0 Å². The summed E-state index contributed by atoms with van der Waals surface area (Å²) in [7, 11) is 0. The Hall–Kier alpha value is -0.570. The largest absolute Gasteiger partial charge is 0.396 e. The molecule has 1 rings (SSSR count). The second kappa shape index (κ2) is 10.2. The molecule has 19 heavy (non-hydrogen) atoms. The maximum Gasteiger partial charge on any atom is 0.222 e. The summed E-state index contributed by atoms with van der Waals surface area (Å²) in [5.41, 5.74) is 0. The Bertz CT molecular complexity index is 243. The number of carbonyl (C=O) groups is 1. The molecule has 1 amide bonds. The van der Waals surface area contributed by atoms with Gasteiger partial charge in [-0.25, -0.2) is 0 Å². The Balaban J connectivity index is 2.13. The van der Waals surface area contributed by atoms with Gasteiger partial charge in [0.2, 0.25) is 5.91 Å². The molecule has 0 spiro atoms. The molecule has 3 heteroatoms. The van der Waals surface area contributed by atoms with E-state index in [1.54, 1.807) is 0 Å². The van der Waals surface area contributed by atoms with E-state index in [0.717, 1.165) is 45.1 Å². The predicted molar refractivity (Wildman–Crippen MR) is 79.0 cm³/mol. The smallest absolute Gasteiger partial charge is 0.222 e. The van der Waals surface area contributed by atoms with Crippen LogP contribution in [0.25, 0.3) is 0 Å². The number of likely N-dealkylation sites (tertiary alicyclic amines) is 1. The molecule has 0 saturated carbocycles. The lowest BCUT2D eigenvalue weighted by Gasteiger charge is -2.24. The molecular formula is C16H31NO2. The molecule has 1 aliphatic heterocycles. The van der Waals surface area contributed by atoms with Gasteiger partial charge < -0.3 is 10.0 Å². The zero-order valence-corrected chi connectivity index (χ0v) is 12.6. The minimum atomic E-state index is 0.246. The van der Waals surface area contributed by atoms with Crippen LogP contribution in [0.5, 0.6) is 0 Å². The summed E-state index contributed by atoms with van der Waals surface area (Å²) in [5, 5.41) is 8.89. The van der Waals surface area contributed by atoms with Crippen LogP contribution < -0.4 is 0 Å². The van der Waals surface area contributed by atoms with Gasteiger partial charge in [-0.05, 0) is 32.1 Å². The third kappa shape index (κ3) is 6.42. The highest BCUT2D eigenvalue weighted by Gasteiger charge is 2.27. The lowest BCUT2D eigenvalue weighted by atomic mass is 10.1. The highest BCUT2D eigenvalue weighted by molar-refractivity contribution is 5.76. The van der Waals surface area contributed by atoms with E-state index in [1.165, 1.54) is 32.1 Å². The molecule has 1 fully saturated rings. The number of unbranched alkanes of at least 4 members (excludes halogenated alkanes) is 5. The number of amides is 1. The van der Waals surface area contributed by atoms with Gasteiger partial charge in [-0.3, -0.25) is 4.79 Å². The second-order valence-electron chi connectivity index (χ2n) is 5.77. The molecule has 1 N–H and O–H groups in total. The summed E-state index contributed by atoms with van der Waals surface area (Å²) in [6, 6.07) is 0.403. The predicted octanol–water partition coefficient (Wildman–Crippen LogP) is 3.50. The van der Waals surface area contributed by atoms with Crippen molar-refractivity contribution in [2.45, 2.75) is 83.6 Å². The molecule has 1 heterocycles. The third-order valence-electron chi connectivity index (χ3n) is 4.14. The van der Waals surface area contributed by atoms with Crippen molar-refractivity contribution in [3.8, 4) is 0 Å². The minimum Gasteiger partial charge on any atom is -0.396 e. The number of rotatable bonds is 10. The number of carbonyl (C=O) groups excluding carboxylic acids is 1. The van der Waals surface area contributed by atoms with E-state index < -0.39 is 0 Å². The monoisotopic (exact) mass is 269 g/mol. The average molecular weight is 269 g/mol. The molecule has 0 bridgehead atoms. The first-order valence-corrected chi connectivity index (χ1v) is 8.20. The van der Waals surface area contributed by atoms with Crippen LogP contribution in [0.2, 0.25) is 0 Å². The number of hydrogen-bond donors (Lipinski definition) is 1.